The van der Waals surface area contributed by atoms with Gasteiger partial charge in [-0.3, -0.25) is 0 Å². The fourth-order valence-electron chi connectivity index (χ4n) is 8.27. The van der Waals surface area contributed by atoms with E-state index in [1.807, 2.05) is 109 Å². The Balaban J connectivity index is 0.000000241. The summed E-state index contributed by atoms with van der Waals surface area (Å²) in [6.45, 7) is 9.95. The highest BCUT2D eigenvalue weighted by atomic mass is 16.5. The second kappa shape index (κ2) is 27.9. The lowest BCUT2D eigenvalue weighted by Crippen LogP contribution is -2.11. The van der Waals surface area contributed by atoms with Gasteiger partial charge in [0.25, 0.3) is 0 Å². The number of benzene rings is 6. The molecule has 8 rings (SSSR count). The van der Waals surface area contributed by atoms with E-state index in [1.165, 1.54) is 12.8 Å². The predicted molar refractivity (Wildman–Crippen MR) is 299 cm³/mol. The van der Waals surface area contributed by atoms with E-state index < -0.39 is 0 Å². The Kier molecular flexibility index (Phi) is 20.3. The minimum Gasteiger partial charge on any atom is -0.507 e. The van der Waals surface area contributed by atoms with Crippen LogP contribution in [0.4, 0.5) is 0 Å². The number of hydrogen-bond donors (Lipinski definition) is 2. The molecule has 0 spiro atoms. The van der Waals surface area contributed by atoms with Gasteiger partial charge in [0.15, 0.2) is 34.9 Å². The fourth-order valence-corrected chi connectivity index (χ4v) is 8.27. The first-order chi connectivity index (χ1) is 37.1. The van der Waals surface area contributed by atoms with Crippen LogP contribution in [-0.2, 0) is 0 Å². The maximum atomic E-state index is 11.1. The Morgan fingerprint density at radius 3 is 0.868 bits per heavy atom. The van der Waals surface area contributed by atoms with Crippen LogP contribution in [0.15, 0.2) is 133 Å². The number of unbranched alkanes of at least 4 members (excludes halogenated alkanes) is 2. The standard InChI is InChI=1S/C38H49N3O5.C24H21N3O3/c1-6-10-12-26(8-3)24-45-30-18-20-32(34(42)22-30)37-39-36(28-14-16-29(44-5)17-15-28)40-38(41-37)33-21-19-31(23-35(33)43)46-25-27(9-4)13-11-7-2;1-28-19-10-4-16(5-11-19)22-25-23(17-6-12-20(29-2)13-7-17)27-24(26-22)18-8-14-21(30-3)15-9-18/h14-23,26-27,42-43H,6-13,24-25H2,1-5H3;4-15H,1-3H3. The van der Waals surface area contributed by atoms with Crippen LogP contribution in [0.2, 0.25) is 0 Å². The zero-order valence-electron chi connectivity index (χ0n) is 45.0. The Bertz CT molecular complexity index is 2820. The lowest BCUT2D eigenvalue weighted by Gasteiger charge is -2.16. The van der Waals surface area contributed by atoms with Gasteiger partial charge in [-0.15, -0.1) is 0 Å². The molecule has 0 saturated heterocycles. The Hall–Kier alpha value is -8.26. The summed E-state index contributed by atoms with van der Waals surface area (Å²) in [5.74, 6) is 7.86. The monoisotopic (exact) mass is 1030 g/mol. The molecule has 0 aliphatic heterocycles. The zero-order chi connectivity index (χ0) is 53.8. The molecule has 0 fully saturated rings. The van der Waals surface area contributed by atoms with Crippen LogP contribution in [0.5, 0.6) is 46.0 Å². The average Bonchev–Trinajstić information content (AvgIpc) is 3.49. The smallest absolute Gasteiger partial charge is 0.167 e. The zero-order valence-corrected chi connectivity index (χ0v) is 45.0. The number of nitrogens with zero attached hydrogens (tertiary/aromatic N) is 6. The first kappa shape index (κ1) is 55.5. The minimum absolute atomic E-state index is 0.00143. The molecule has 76 heavy (non-hydrogen) atoms. The summed E-state index contributed by atoms with van der Waals surface area (Å²) >= 11 is 0. The summed E-state index contributed by atoms with van der Waals surface area (Å²) in [7, 11) is 6.53. The minimum atomic E-state index is -0.00143. The van der Waals surface area contributed by atoms with Gasteiger partial charge in [0, 0.05) is 34.4 Å². The van der Waals surface area contributed by atoms with E-state index in [-0.39, 0.29) is 23.1 Å². The molecule has 0 aliphatic rings. The van der Waals surface area contributed by atoms with Crippen molar-refractivity contribution in [3.05, 3.63) is 133 Å². The molecule has 8 aromatic rings. The first-order valence-electron chi connectivity index (χ1n) is 26.1. The summed E-state index contributed by atoms with van der Waals surface area (Å²) in [4.78, 5) is 28.3. The molecule has 0 bridgehead atoms. The van der Waals surface area contributed by atoms with E-state index in [4.69, 9.17) is 58.3 Å². The van der Waals surface area contributed by atoms with Crippen LogP contribution in [0.25, 0.3) is 68.3 Å². The summed E-state index contributed by atoms with van der Waals surface area (Å²) in [5, 5.41) is 22.2. The lowest BCUT2D eigenvalue weighted by molar-refractivity contribution is 0.232. The third-order valence-corrected chi connectivity index (χ3v) is 13.1. The van der Waals surface area contributed by atoms with Crippen molar-refractivity contribution >= 4 is 0 Å². The number of ether oxygens (including phenoxy) is 6. The Morgan fingerprint density at radius 1 is 0.355 bits per heavy atom. The molecule has 2 unspecified atom stereocenters. The molecular weight excluding hydrogens is 957 g/mol. The summed E-state index contributed by atoms with van der Waals surface area (Å²) in [5.41, 5.74) is 4.23. The third-order valence-electron chi connectivity index (χ3n) is 13.1. The molecule has 0 saturated carbocycles. The average molecular weight is 1030 g/mol. The van der Waals surface area contributed by atoms with Gasteiger partial charge in [-0.05, 0) is 146 Å². The maximum Gasteiger partial charge on any atom is 0.167 e. The predicted octanol–water partition coefficient (Wildman–Crippen LogP) is 14.4. The summed E-state index contributed by atoms with van der Waals surface area (Å²) in [6, 6.07) is 40.7. The van der Waals surface area contributed by atoms with Crippen molar-refractivity contribution in [2.24, 2.45) is 11.8 Å². The topological polar surface area (TPSA) is 173 Å². The van der Waals surface area contributed by atoms with Crippen molar-refractivity contribution in [3.8, 4) is 114 Å². The first-order valence-corrected chi connectivity index (χ1v) is 26.1. The quantitative estimate of drug-likeness (QED) is 0.0585. The van der Waals surface area contributed by atoms with E-state index in [1.54, 1.807) is 52.7 Å². The molecule has 2 heterocycles. The van der Waals surface area contributed by atoms with Crippen LogP contribution in [-0.4, -0.2) is 81.8 Å². The number of rotatable bonds is 24. The van der Waals surface area contributed by atoms with Gasteiger partial charge in [-0.25, -0.2) is 29.9 Å². The van der Waals surface area contributed by atoms with Crippen LogP contribution >= 0.6 is 0 Å². The van der Waals surface area contributed by atoms with E-state index in [0.29, 0.717) is 76.7 Å². The molecule has 396 valence electrons. The fraction of sp³-hybridized carbons (Fsp3) is 0.323. The number of aromatic nitrogens is 6. The second-order valence-corrected chi connectivity index (χ2v) is 18.3. The second-order valence-electron chi connectivity index (χ2n) is 18.3. The van der Waals surface area contributed by atoms with Gasteiger partial charge in [0.2, 0.25) is 0 Å². The highest BCUT2D eigenvalue weighted by molar-refractivity contribution is 5.73. The van der Waals surface area contributed by atoms with Gasteiger partial charge in [0.1, 0.15) is 46.0 Å². The van der Waals surface area contributed by atoms with Crippen molar-refractivity contribution < 1.29 is 38.6 Å². The summed E-state index contributed by atoms with van der Waals surface area (Å²) in [6.07, 6.45) is 9.00. The van der Waals surface area contributed by atoms with E-state index in [0.717, 1.165) is 78.0 Å². The van der Waals surface area contributed by atoms with Crippen molar-refractivity contribution in [2.75, 3.05) is 41.7 Å². The van der Waals surface area contributed by atoms with Gasteiger partial charge >= 0.3 is 0 Å². The molecule has 2 N–H and O–H groups in total. The molecule has 2 atom stereocenters. The number of phenols is 2. The van der Waals surface area contributed by atoms with E-state index in [2.05, 4.69) is 27.7 Å². The molecule has 2 aromatic heterocycles. The van der Waals surface area contributed by atoms with E-state index in [9.17, 15) is 10.2 Å². The molecule has 0 aliphatic carbocycles. The van der Waals surface area contributed by atoms with Crippen molar-refractivity contribution in [3.63, 3.8) is 0 Å². The van der Waals surface area contributed by atoms with Gasteiger partial charge < -0.3 is 38.6 Å². The number of hydrogen-bond acceptors (Lipinski definition) is 14. The highest BCUT2D eigenvalue weighted by Gasteiger charge is 2.19. The molecule has 0 amide bonds. The van der Waals surface area contributed by atoms with Gasteiger partial charge in [-0.1, -0.05) is 66.2 Å². The van der Waals surface area contributed by atoms with Crippen LogP contribution in [0.1, 0.15) is 79.1 Å². The highest BCUT2D eigenvalue weighted by Crippen LogP contribution is 2.37. The van der Waals surface area contributed by atoms with Crippen molar-refractivity contribution in [2.45, 2.75) is 79.1 Å². The molecule has 14 nitrogen and oxygen atoms in total. The molecule has 6 aromatic carbocycles. The van der Waals surface area contributed by atoms with Crippen LogP contribution in [0.3, 0.4) is 0 Å². The van der Waals surface area contributed by atoms with Crippen molar-refractivity contribution in [1.82, 2.24) is 29.9 Å². The number of aromatic hydroxyl groups is 2. The van der Waals surface area contributed by atoms with Gasteiger partial charge in [-0.2, -0.15) is 0 Å². The third kappa shape index (κ3) is 15.0. The number of methoxy groups -OCH3 is 4. The Labute approximate surface area is 447 Å². The SMILES string of the molecule is CCCCC(CC)COc1ccc(-c2nc(-c3ccc(OC)cc3)nc(-c3ccc(OCC(CC)CCCC)cc3O)n2)c(O)c1.COc1ccc(-c2nc(-c3ccc(OC)cc3)nc(-c3ccc(OC)cc3)n2)cc1. The summed E-state index contributed by atoms with van der Waals surface area (Å²) < 4.78 is 33.2. The van der Waals surface area contributed by atoms with E-state index >= 15 is 0 Å². The van der Waals surface area contributed by atoms with Gasteiger partial charge in [0.05, 0.1) is 52.8 Å². The normalized spacial score (nSPS) is 11.7. The number of phenolic OH excluding ortho intramolecular Hbond substituents is 2. The van der Waals surface area contributed by atoms with Crippen molar-refractivity contribution in [1.29, 1.82) is 0 Å². The molecular formula is C62H70N6O8. The largest absolute Gasteiger partial charge is 0.507 e. The molecule has 14 heteroatoms. The maximum absolute atomic E-state index is 11.1. The van der Waals surface area contributed by atoms with Crippen LogP contribution < -0.4 is 28.4 Å². The Morgan fingerprint density at radius 2 is 0.618 bits per heavy atom. The van der Waals surface area contributed by atoms with Crippen LogP contribution in [0, 0.1) is 11.8 Å². The molecule has 0 radical (unpaired) electrons. The lowest BCUT2D eigenvalue weighted by atomic mass is 10.0.